The number of hydrogen-bond donors (Lipinski definition) is 3. The van der Waals surface area contributed by atoms with Crippen LogP contribution < -0.4 is 11.1 Å². The van der Waals surface area contributed by atoms with Gasteiger partial charge in [-0.05, 0) is 69.2 Å². The summed E-state index contributed by atoms with van der Waals surface area (Å²) in [7, 11) is 3.71. The number of piperidine rings is 1. The monoisotopic (exact) mass is 506 g/mol. The number of nitrogens with two attached hydrogens (primary N) is 1. The number of benzene rings is 1. The predicted molar refractivity (Wildman–Crippen MR) is 146 cm³/mol. The summed E-state index contributed by atoms with van der Waals surface area (Å²) >= 11 is 6.33. The maximum absolute atomic E-state index is 12.1. The van der Waals surface area contributed by atoms with Crippen LogP contribution >= 0.6 is 11.6 Å². The number of methoxy groups -OCH3 is 1. The third kappa shape index (κ3) is 8.34. The number of unbranched alkanes of at least 4 members (excludes halogenated alkanes) is 1. The molecule has 0 aromatic heterocycles. The molecule has 0 radical (unpaired) electrons. The lowest BCUT2D eigenvalue weighted by Crippen LogP contribution is -2.50. The summed E-state index contributed by atoms with van der Waals surface area (Å²) < 4.78 is 5.24. The zero-order chi connectivity index (χ0) is 25.1. The number of halogens is 1. The Morgan fingerprint density at radius 2 is 2.06 bits per heavy atom. The Labute approximate surface area is 217 Å². The summed E-state index contributed by atoms with van der Waals surface area (Å²) in [5, 5.41) is 16.1. The lowest BCUT2D eigenvalue weighted by atomic mass is 9.74. The molecule has 0 unspecified atom stereocenters. The van der Waals surface area contributed by atoms with Crippen LogP contribution in [-0.4, -0.2) is 62.4 Å². The highest BCUT2D eigenvalue weighted by molar-refractivity contribution is 6.30. The van der Waals surface area contributed by atoms with Gasteiger partial charge in [-0.3, -0.25) is 0 Å². The van der Waals surface area contributed by atoms with Crippen molar-refractivity contribution in [3.8, 4) is 0 Å². The van der Waals surface area contributed by atoms with E-state index in [1.807, 2.05) is 31.3 Å². The Morgan fingerprint density at radius 1 is 1.26 bits per heavy atom. The molecule has 4 N–H and O–H groups in total. The second-order valence-corrected chi connectivity index (χ2v) is 11.0. The molecule has 7 heteroatoms. The molecule has 3 rings (SSSR count). The molecule has 0 spiro atoms. The molecule has 198 valence electrons. The van der Waals surface area contributed by atoms with Crippen molar-refractivity contribution < 1.29 is 9.84 Å². The van der Waals surface area contributed by atoms with E-state index in [-0.39, 0.29) is 12.0 Å². The van der Waals surface area contributed by atoms with Crippen LogP contribution in [0, 0.1) is 11.8 Å². The Hall–Kier alpha value is -1.34. The molecular formula is C28H47ClN4O2. The first-order chi connectivity index (χ1) is 17.0. The molecule has 0 bridgehead atoms. The number of likely N-dealkylation sites (tertiary alicyclic amines) is 1. The molecule has 1 saturated heterocycles. The van der Waals surface area contributed by atoms with Crippen molar-refractivity contribution in [2.24, 2.45) is 22.6 Å². The summed E-state index contributed by atoms with van der Waals surface area (Å²) in [6.45, 7) is 3.14. The number of guanidine groups is 1. The fraction of sp³-hybridized carbons (Fsp3) is 0.750. The van der Waals surface area contributed by atoms with Gasteiger partial charge in [0.05, 0.1) is 11.6 Å². The van der Waals surface area contributed by atoms with E-state index in [1.54, 1.807) is 7.11 Å². The number of hydrogen-bond acceptors (Lipinski definition) is 4. The molecule has 6 nitrogen and oxygen atoms in total. The van der Waals surface area contributed by atoms with Gasteiger partial charge in [-0.25, -0.2) is 4.99 Å². The van der Waals surface area contributed by atoms with Crippen LogP contribution in [0.25, 0.3) is 0 Å². The molecule has 1 aromatic rings. The molecule has 35 heavy (non-hydrogen) atoms. The molecule has 3 atom stereocenters. The number of nitrogens with one attached hydrogen (secondary N) is 1. The summed E-state index contributed by atoms with van der Waals surface area (Å²) in [5.41, 5.74) is 6.57. The van der Waals surface area contributed by atoms with Crippen molar-refractivity contribution in [2.45, 2.75) is 82.3 Å². The van der Waals surface area contributed by atoms with E-state index in [0.717, 1.165) is 56.7 Å². The second kappa shape index (κ2) is 14.4. The quantitative estimate of drug-likeness (QED) is 0.213. The maximum Gasteiger partial charge on any atom is 0.191 e. The molecule has 2 aliphatic rings. The van der Waals surface area contributed by atoms with Gasteiger partial charge in [0.2, 0.25) is 0 Å². The summed E-state index contributed by atoms with van der Waals surface area (Å²) in [4.78, 5) is 7.21. The van der Waals surface area contributed by atoms with E-state index in [0.29, 0.717) is 30.6 Å². The van der Waals surface area contributed by atoms with Crippen molar-refractivity contribution in [2.75, 3.05) is 40.4 Å². The Kier molecular flexibility index (Phi) is 11.6. The van der Waals surface area contributed by atoms with Gasteiger partial charge in [-0.1, -0.05) is 55.8 Å². The van der Waals surface area contributed by atoms with Gasteiger partial charge in [0.1, 0.15) is 0 Å². The van der Waals surface area contributed by atoms with E-state index >= 15 is 0 Å². The number of ether oxygens (including phenoxy) is 1. The van der Waals surface area contributed by atoms with Crippen LogP contribution in [0.3, 0.4) is 0 Å². The second-order valence-electron chi connectivity index (χ2n) is 10.6. The van der Waals surface area contributed by atoms with E-state index in [1.165, 1.54) is 32.1 Å². The lowest BCUT2D eigenvalue weighted by molar-refractivity contribution is -0.0541. The van der Waals surface area contributed by atoms with E-state index in [2.05, 4.69) is 10.2 Å². The summed E-state index contributed by atoms with van der Waals surface area (Å²) in [6, 6.07) is 7.92. The summed E-state index contributed by atoms with van der Waals surface area (Å²) in [6.07, 6.45) is 12.2. The largest absolute Gasteiger partial charge is 0.385 e. The number of aliphatic imine (C=N–C) groups is 1. The van der Waals surface area contributed by atoms with E-state index in [9.17, 15) is 5.11 Å². The zero-order valence-corrected chi connectivity index (χ0v) is 22.6. The topological polar surface area (TPSA) is 83.1 Å². The highest BCUT2D eigenvalue weighted by Crippen LogP contribution is 2.40. The van der Waals surface area contributed by atoms with Crippen LogP contribution in [0.4, 0.5) is 0 Å². The highest BCUT2D eigenvalue weighted by atomic mass is 35.5. The SMILES string of the molecule is CNC[C@H](CC1CCCCC1)N=C(N)N1CCC[C@@H]([C@@](O)(CCCCOC)c2cccc(Cl)c2)C1. The first kappa shape index (κ1) is 28.2. The van der Waals surface area contributed by atoms with Crippen molar-refractivity contribution in [3.63, 3.8) is 0 Å². The first-order valence-corrected chi connectivity index (χ1v) is 14.0. The highest BCUT2D eigenvalue weighted by Gasteiger charge is 2.40. The molecule has 1 heterocycles. The standard InChI is InChI=1S/C28H47ClN4O2/c1-31-20-26(18-22-10-4-3-5-11-22)32-27(30)33-16-9-13-24(21-33)28(34,15-6-7-17-35-2)23-12-8-14-25(29)19-23/h8,12,14,19,22,24,26,31,34H,3-7,9-11,13,15-18,20-21H2,1-2H3,(H2,30,32)/t24-,26+,28-/m1/s1. The average Bonchev–Trinajstić information content (AvgIpc) is 2.87. The van der Waals surface area contributed by atoms with Crippen molar-refractivity contribution >= 4 is 17.6 Å². The molecule has 1 saturated carbocycles. The Morgan fingerprint density at radius 3 is 2.77 bits per heavy atom. The van der Waals surface area contributed by atoms with Crippen molar-refractivity contribution in [1.82, 2.24) is 10.2 Å². The van der Waals surface area contributed by atoms with Crippen molar-refractivity contribution in [3.05, 3.63) is 34.9 Å². The zero-order valence-electron chi connectivity index (χ0n) is 21.9. The average molecular weight is 507 g/mol. The number of aliphatic hydroxyl groups is 1. The van der Waals surface area contributed by atoms with Crippen LogP contribution in [0.15, 0.2) is 29.3 Å². The predicted octanol–water partition coefficient (Wildman–Crippen LogP) is 4.93. The number of likely N-dealkylation sites (N-methyl/N-ethyl adjacent to an activating group) is 1. The van der Waals surface area contributed by atoms with Gasteiger partial charge < -0.3 is 25.8 Å². The van der Waals surface area contributed by atoms with Gasteiger partial charge in [0, 0.05) is 44.3 Å². The van der Waals surface area contributed by atoms with Crippen LogP contribution in [0.1, 0.15) is 76.2 Å². The minimum atomic E-state index is -0.954. The molecule has 1 aliphatic heterocycles. The third-order valence-electron chi connectivity index (χ3n) is 7.99. The Bertz CT molecular complexity index is 786. The van der Waals surface area contributed by atoms with E-state index < -0.39 is 5.60 Å². The Balaban J connectivity index is 1.73. The van der Waals surface area contributed by atoms with Crippen LogP contribution in [0.5, 0.6) is 0 Å². The fourth-order valence-corrected chi connectivity index (χ4v) is 6.24. The first-order valence-electron chi connectivity index (χ1n) is 13.7. The van der Waals surface area contributed by atoms with Gasteiger partial charge in [0.15, 0.2) is 5.96 Å². The fourth-order valence-electron chi connectivity index (χ4n) is 6.05. The van der Waals surface area contributed by atoms with Gasteiger partial charge >= 0.3 is 0 Å². The van der Waals surface area contributed by atoms with Gasteiger partial charge in [0.25, 0.3) is 0 Å². The normalized spacial score (nSPS) is 22.7. The maximum atomic E-state index is 12.1. The van der Waals surface area contributed by atoms with Crippen LogP contribution in [-0.2, 0) is 10.3 Å². The summed E-state index contributed by atoms with van der Waals surface area (Å²) in [5.74, 6) is 1.44. The van der Waals surface area contributed by atoms with Crippen molar-refractivity contribution in [1.29, 1.82) is 0 Å². The van der Waals surface area contributed by atoms with E-state index in [4.69, 9.17) is 27.1 Å². The number of rotatable bonds is 12. The van der Waals surface area contributed by atoms with Gasteiger partial charge in [-0.2, -0.15) is 0 Å². The molecule has 1 aromatic carbocycles. The third-order valence-corrected chi connectivity index (χ3v) is 8.22. The number of nitrogens with zero attached hydrogens (tertiary/aromatic N) is 2. The molecule has 0 amide bonds. The minimum Gasteiger partial charge on any atom is -0.385 e. The molecule has 1 aliphatic carbocycles. The molecular weight excluding hydrogens is 460 g/mol. The molecule has 2 fully saturated rings. The van der Waals surface area contributed by atoms with Crippen LogP contribution in [0.2, 0.25) is 5.02 Å². The minimum absolute atomic E-state index is 0.0621. The smallest absolute Gasteiger partial charge is 0.191 e. The van der Waals surface area contributed by atoms with Gasteiger partial charge in [-0.15, -0.1) is 0 Å². The lowest BCUT2D eigenvalue weighted by Gasteiger charge is -2.43.